The third kappa shape index (κ3) is 3.10. The molecule has 0 saturated heterocycles. The lowest BCUT2D eigenvalue weighted by molar-refractivity contribution is 0.641. The fourth-order valence-corrected chi connectivity index (χ4v) is 5.03. The summed E-state index contributed by atoms with van der Waals surface area (Å²) in [5.74, 6) is -0.278. The van der Waals surface area contributed by atoms with Crippen molar-refractivity contribution < 1.29 is 8.81 Å². The van der Waals surface area contributed by atoms with E-state index in [2.05, 4.69) is 29.3 Å². The predicted octanol–water partition coefficient (Wildman–Crippen LogP) is 2.25. The van der Waals surface area contributed by atoms with Gasteiger partial charge in [-0.1, -0.05) is 65.5 Å². The number of aromatic nitrogens is 1. The maximum absolute atomic E-state index is 14.5. The van der Waals surface area contributed by atoms with E-state index in [4.69, 9.17) is 4.42 Å². The second-order valence-corrected chi connectivity index (χ2v) is 8.90. The molecule has 0 aliphatic rings. The van der Waals surface area contributed by atoms with Crippen LogP contribution in [0.1, 0.15) is 5.56 Å². The van der Waals surface area contributed by atoms with Crippen molar-refractivity contribution in [1.82, 2.24) is 4.98 Å². The van der Waals surface area contributed by atoms with Gasteiger partial charge in [-0.25, -0.2) is 4.39 Å². The van der Waals surface area contributed by atoms with E-state index in [1.807, 2.05) is 62.4 Å². The minimum atomic E-state index is -0.278. The van der Waals surface area contributed by atoms with Crippen LogP contribution in [0.25, 0.3) is 55.1 Å². The molecule has 0 bridgehead atoms. The summed E-state index contributed by atoms with van der Waals surface area (Å²) in [5, 5.41) is 14.0. The van der Waals surface area contributed by atoms with Crippen molar-refractivity contribution in [2.75, 3.05) is 0 Å². The lowest BCUT2D eigenvalue weighted by atomic mass is 9.76. The molecule has 0 spiro atoms. The number of fused-ring (bicyclic) bond motifs is 4. The van der Waals surface area contributed by atoms with Gasteiger partial charge in [0.1, 0.15) is 32.7 Å². The van der Waals surface area contributed by atoms with Gasteiger partial charge in [0.05, 0.1) is 17.3 Å². The zero-order valence-corrected chi connectivity index (χ0v) is 19.6. The van der Waals surface area contributed by atoms with Crippen molar-refractivity contribution in [3.8, 4) is 28.5 Å². The van der Waals surface area contributed by atoms with Crippen molar-refractivity contribution >= 4 is 72.8 Å². The van der Waals surface area contributed by atoms with E-state index in [1.165, 1.54) is 0 Å². The van der Waals surface area contributed by atoms with Crippen molar-refractivity contribution in [3.63, 3.8) is 0 Å². The Labute approximate surface area is 204 Å². The maximum Gasteiger partial charge on any atom is 0.167 e. The van der Waals surface area contributed by atoms with E-state index < -0.39 is 0 Å². The normalized spacial score (nSPS) is 11.3. The first-order valence-electron chi connectivity index (χ1n) is 11.5. The Morgan fingerprint density at radius 1 is 0.743 bits per heavy atom. The number of benzene rings is 4. The Balaban J connectivity index is 1.73. The number of nitriles is 1. The lowest BCUT2D eigenvalue weighted by Crippen LogP contribution is -2.38. The number of hydrogen-bond donors (Lipinski definition) is 0. The van der Waals surface area contributed by atoms with Gasteiger partial charge in [0.25, 0.3) is 0 Å². The monoisotopic (exact) mass is 450 g/mol. The molecule has 35 heavy (non-hydrogen) atoms. The highest BCUT2D eigenvalue weighted by Crippen LogP contribution is 2.42. The molecule has 0 unspecified atom stereocenters. The number of para-hydroxylation sites is 1. The number of nitrogens with zero attached hydrogens (tertiary/aromatic N) is 2. The topological polar surface area (TPSA) is 49.8 Å². The summed E-state index contributed by atoms with van der Waals surface area (Å²) in [7, 11) is 5.35. The molecule has 2 aromatic heterocycles. The van der Waals surface area contributed by atoms with Gasteiger partial charge < -0.3 is 4.42 Å². The summed E-state index contributed by atoms with van der Waals surface area (Å²) in [6.45, 7) is 0. The molecule has 6 aromatic rings. The van der Waals surface area contributed by atoms with Crippen LogP contribution >= 0.6 is 0 Å². The van der Waals surface area contributed by atoms with Crippen LogP contribution in [-0.4, -0.2) is 28.5 Å². The Hall–Kier alpha value is -4.30. The van der Waals surface area contributed by atoms with Gasteiger partial charge in [-0.05, 0) is 34.5 Å². The van der Waals surface area contributed by atoms with Crippen LogP contribution in [0.2, 0.25) is 0 Å². The summed E-state index contributed by atoms with van der Waals surface area (Å²) in [6.07, 6.45) is 0. The summed E-state index contributed by atoms with van der Waals surface area (Å²) in [4.78, 5) is 4.59. The standard InChI is InChI=1S/C28H18B3FN2O/c29-22-23(30)25(34-28(31)24(22)32)20-10-4-9-18-19-12-11-15(13-33)21(27(19)35-26(18)20)17-8-3-6-14-5-1-2-7-16(14)17/h1-12H,29-31H2. The molecule has 2 heterocycles. The fraction of sp³-hybridized carbons (Fsp3) is 0. The van der Waals surface area contributed by atoms with Gasteiger partial charge in [0.2, 0.25) is 0 Å². The Kier molecular flexibility index (Phi) is 4.79. The molecular formula is C28H18B3FN2O. The van der Waals surface area contributed by atoms with Gasteiger partial charge >= 0.3 is 0 Å². The molecule has 6 rings (SSSR count). The van der Waals surface area contributed by atoms with Crippen molar-refractivity contribution in [3.05, 3.63) is 84.2 Å². The number of halogens is 1. The third-order valence-corrected chi connectivity index (χ3v) is 6.95. The molecule has 0 atom stereocenters. The molecule has 0 amide bonds. The second-order valence-electron chi connectivity index (χ2n) is 8.90. The molecular weight excluding hydrogens is 432 g/mol. The molecule has 0 fully saturated rings. The van der Waals surface area contributed by atoms with E-state index >= 15 is 0 Å². The lowest BCUT2D eigenvalue weighted by Gasteiger charge is -2.12. The highest BCUT2D eigenvalue weighted by molar-refractivity contribution is 6.52. The molecule has 4 aromatic carbocycles. The Bertz CT molecular complexity index is 1870. The molecule has 0 aliphatic heterocycles. The van der Waals surface area contributed by atoms with E-state index in [1.54, 1.807) is 15.7 Å². The average molecular weight is 450 g/mol. The smallest absolute Gasteiger partial charge is 0.167 e. The highest BCUT2D eigenvalue weighted by atomic mass is 19.1. The van der Waals surface area contributed by atoms with Crippen molar-refractivity contribution in [1.29, 1.82) is 5.26 Å². The third-order valence-electron chi connectivity index (χ3n) is 6.95. The molecule has 3 nitrogen and oxygen atoms in total. The van der Waals surface area contributed by atoms with Crippen LogP contribution < -0.4 is 16.5 Å². The molecule has 0 radical (unpaired) electrons. The number of rotatable bonds is 2. The van der Waals surface area contributed by atoms with Crippen LogP contribution in [0.4, 0.5) is 4.39 Å². The average Bonchev–Trinajstić information content (AvgIpc) is 3.27. The fourth-order valence-electron chi connectivity index (χ4n) is 5.03. The minimum absolute atomic E-state index is 0.278. The molecule has 0 N–H and O–H groups in total. The van der Waals surface area contributed by atoms with Gasteiger partial charge in [0, 0.05) is 27.5 Å². The molecule has 162 valence electrons. The van der Waals surface area contributed by atoms with Crippen LogP contribution in [0.15, 0.2) is 77.2 Å². The van der Waals surface area contributed by atoms with E-state index in [-0.39, 0.29) is 5.82 Å². The van der Waals surface area contributed by atoms with E-state index in [0.29, 0.717) is 33.5 Å². The number of furan rings is 1. The largest absolute Gasteiger partial charge is 0.455 e. The first-order chi connectivity index (χ1) is 17.0. The zero-order chi connectivity index (χ0) is 24.3. The number of pyridine rings is 1. The molecule has 0 saturated carbocycles. The van der Waals surface area contributed by atoms with E-state index in [0.717, 1.165) is 43.7 Å². The van der Waals surface area contributed by atoms with Crippen LogP contribution in [-0.2, 0) is 0 Å². The molecule has 7 heteroatoms. The Morgan fingerprint density at radius 3 is 2.26 bits per heavy atom. The van der Waals surface area contributed by atoms with Gasteiger partial charge in [0.15, 0.2) is 7.85 Å². The highest BCUT2D eigenvalue weighted by Gasteiger charge is 2.21. The van der Waals surface area contributed by atoms with Crippen LogP contribution in [0, 0.1) is 17.1 Å². The van der Waals surface area contributed by atoms with Gasteiger partial charge in [-0.2, -0.15) is 5.26 Å². The van der Waals surface area contributed by atoms with Crippen molar-refractivity contribution in [2.24, 2.45) is 0 Å². The first-order valence-corrected chi connectivity index (χ1v) is 11.5. The second kappa shape index (κ2) is 7.89. The van der Waals surface area contributed by atoms with Crippen molar-refractivity contribution in [2.45, 2.75) is 0 Å². The zero-order valence-electron chi connectivity index (χ0n) is 19.6. The van der Waals surface area contributed by atoms with Crippen LogP contribution in [0.3, 0.4) is 0 Å². The number of hydrogen-bond acceptors (Lipinski definition) is 3. The maximum atomic E-state index is 14.5. The SMILES string of the molecule is Bc1nc(-c2cccc3c2oc2c(-c4cccc5ccccc45)c(C#N)ccc23)c(B)c(B)c1F. The predicted molar refractivity (Wildman–Crippen MR) is 149 cm³/mol. The van der Waals surface area contributed by atoms with Gasteiger partial charge in [-0.15, -0.1) is 0 Å². The minimum Gasteiger partial charge on any atom is -0.455 e. The Morgan fingerprint density at radius 2 is 1.43 bits per heavy atom. The summed E-state index contributed by atoms with van der Waals surface area (Å²) in [6, 6.07) is 26.3. The quantitative estimate of drug-likeness (QED) is 0.381. The summed E-state index contributed by atoms with van der Waals surface area (Å²) in [5.41, 5.74) is 6.88. The summed E-state index contributed by atoms with van der Waals surface area (Å²) < 4.78 is 21.1. The molecule has 0 aliphatic carbocycles. The summed E-state index contributed by atoms with van der Waals surface area (Å²) >= 11 is 0. The van der Waals surface area contributed by atoms with Crippen LogP contribution in [0.5, 0.6) is 0 Å². The first kappa shape index (κ1) is 21.3. The van der Waals surface area contributed by atoms with E-state index in [9.17, 15) is 9.65 Å². The van der Waals surface area contributed by atoms with Gasteiger partial charge in [-0.3, -0.25) is 4.98 Å².